The summed E-state index contributed by atoms with van der Waals surface area (Å²) in [6, 6.07) is 5.28. The molecule has 1 aliphatic carbocycles. The molecule has 0 radical (unpaired) electrons. The van der Waals surface area contributed by atoms with Gasteiger partial charge in [-0.1, -0.05) is 0 Å². The van der Waals surface area contributed by atoms with Crippen molar-refractivity contribution >= 4 is 55.6 Å². The molecule has 10 nitrogen and oxygen atoms in total. The highest BCUT2D eigenvalue weighted by Crippen LogP contribution is 2.43. The Labute approximate surface area is 243 Å². The summed E-state index contributed by atoms with van der Waals surface area (Å²) in [4.78, 5) is 32.1. The molecule has 0 unspecified atom stereocenters. The van der Waals surface area contributed by atoms with E-state index < -0.39 is 0 Å². The van der Waals surface area contributed by atoms with E-state index in [9.17, 15) is 4.79 Å². The monoisotopic (exact) mass is 572 g/mol. The van der Waals surface area contributed by atoms with Gasteiger partial charge in [0.15, 0.2) is 0 Å². The van der Waals surface area contributed by atoms with Crippen LogP contribution in [0.25, 0.3) is 21.1 Å². The van der Waals surface area contributed by atoms with Crippen LogP contribution in [0, 0.1) is 5.92 Å². The maximum atomic E-state index is 13.5. The van der Waals surface area contributed by atoms with Crippen molar-refractivity contribution in [1.29, 1.82) is 0 Å². The fourth-order valence-corrected chi connectivity index (χ4v) is 8.68. The molecular formula is C30H36N8O2S. The number of aromatic amines is 1. The Morgan fingerprint density at radius 2 is 2.07 bits per heavy atom. The average Bonchev–Trinajstić information content (AvgIpc) is 3.79. The Morgan fingerprint density at radius 3 is 2.85 bits per heavy atom. The number of nitrogens with zero attached hydrogens (tertiary/aromatic N) is 6. The number of amides is 1. The summed E-state index contributed by atoms with van der Waals surface area (Å²) in [6.45, 7) is 3.46. The summed E-state index contributed by atoms with van der Waals surface area (Å²) in [6.07, 6.45) is 9.57. The highest BCUT2D eigenvalue weighted by Gasteiger charge is 2.44. The van der Waals surface area contributed by atoms with E-state index in [0.717, 1.165) is 90.8 Å². The van der Waals surface area contributed by atoms with Crippen molar-refractivity contribution < 1.29 is 9.53 Å². The molecule has 41 heavy (non-hydrogen) atoms. The normalized spacial score (nSPS) is 24.6. The topological polar surface area (TPSA) is 103 Å². The van der Waals surface area contributed by atoms with Crippen molar-refractivity contribution in [2.75, 3.05) is 50.6 Å². The summed E-state index contributed by atoms with van der Waals surface area (Å²) < 4.78 is 5.73. The standard InChI is InChI=1S/C30H36N8O2S/c1-36(2)19-5-7-37(8-6-19)25-12-23-18(13-33-35-23)9-24(25)34-28-27-22-4-3-17(10-26(22)41-29(27)32-16-31-28)30(39)38-14-21-11-20(38)15-40-21/h9,12-13,16-17,19-21H,3-8,10-11,14-15H2,1-2H3,(H,33,35)(H,31,32,34)/t17-,20-,21-/m0/s1. The van der Waals surface area contributed by atoms with Gasteiger partial charge in [0.2, 0.25) is 5.91 Å². The molecule has 3 atom stereocenters. The van der Waals surface area contributed by atoms with Crippen molar-refractivity contribution in [2.24, 2.45) is 5.92 Å². The zero-order valence-electron chi connectivity index (χ0n) is 23.6. The van der Waals surface area contributed by atoms with Crippen LogP contribution in [0.4, 0.5) is 17.2 Å². The van der Waals surface area contributed by atoms with E-state index in [0.29, 0.717) is 18.6 Å². The van der Waals surface area contributed by atoms with Crippen molar-refractivity contribution in [1.82, 2.24) is 30.0 Å². The second-order valence-corrected chi connectivity index (χ2v) is 13.4. The summed E-state index contributed by atoms with van der Waals surface area (Å²) in [5, 5.41) is 13.4. The molecule has 4 aliphatic rings. The number of morpholine rings is 1. The van der Waals surface area contributed by atoms with Crippen molar-refractivity contribution in [3.05, 3.63) is 35.1 Å². The minimum Gasteiger partial charge on any atom is -0.374 e. The van der Waals surface area contributed by atoms with Gasteiger partial charge in [0.1, 0.15) is 17.0 Å². The van der Waals surface area contributed by atoms with Crippen LogP contribution in [0.2, 0.25) is 0 Å². The summed E-state index contributed by atoms with van der Waals surface area (Å²) >= 11 is 1.73. The van der Waals surface area contributed by atoms with Gasteiger partial charge in [-0.25, -0.2) is 9.97 Å². The zero-order chi connectivity index (χ0) is 27.7. The number of hydrogen-bond donors (Lipinski definition) is 2. The molecule has 3 aliphatic heterocycles. The van der Waals surface area contributed by atoms with E-state index in [4.69, 9.17) is 9.72 Å². The second-order valence-electron chi connectivity index (χ2n) is 12.3. The Kier molecular flexibility index (Phi) is 6.15. The first-order chi connectivity index (χ1) is 20.0. The maximum absolute atomic E-state index is 13.5. The van der Waals surface area contributed by atoms with Crippen LogP contribution in [-0.4, -0.2) is 94.4 Å². The Hall–Kier alpha value is -3.28. The van der Waals surface area contributed by atoms with Gasteiger partial charge in [0, 0.05) is 41.9 Å². The van der Waals surface area contributed by atoms with E-state index in [1.807, 2.05) is 6.20 Å². The van der Waals surface area contributed by atoms with Gasteiger partial charge >= 0.3 is 0 Å². The van der Waals surface area contributed by atoms with E-state index >= 15 is 0 Å². The number of fused-ring (bicyclic) bond motifs is 6. The molecule has 0 spiro atoms. The molecule has 3 aromatic heterocycles. The number of H-pyrrole nitrogens is 1. The van der Waals surface area contributed by atoms with Crippen molar-refractivity contribution in [3.8, 4) is 0 Å². The fraction of sp³-hybridized carbons (Fsp3) is 0.533. The van der Waals surface area contributed by atoms with Crippen LogP contribution in [0.15, 0.2) is 24.7 Å². The Morgan fingerprint density at radius 1 is 1.20 bits per heavy atom. The van der Waals surface area contributed by atoms with Crippen LogP contribution in [0.3, 0.4) is 0 Å². The molecular weight excluding hydrogens is 536 g/mol. The molecule has 3 saturated heterocycles. The minimum atomic E-state index is 0.0412. The molecule has 4 aromatic rings. The summed E-state index contributed by atoms with van der Waals surface area (Å²) in [5.41, 5.74) is 4.55. The van der Waals surface area contributed by atoms with Crippen LogP contribution in [0.5, 0.6) is 0 Å². The van der Waals surface area contributed by atoms with Crippen LogP contribution in [-0.2, 0) is 22.4 Å². The quantitative estimate of drug-likeness (QED) is 0.371. The number of thiophene rings is 1. The number of carbonyl (C=O) groups excluding carboxylic acids is 1. The molecule has 0 saturated carbocycles. The van der Waals surface area contributed by atoms with Gasteiger partial charge in [0.25, 0.3) is 0 Å². The number of aromatic nitrogens is 4. The molecule has 1 amide bonds. The number of aryl methyl sites for hydroxylation is 1. The summed E-state index contributed by atoms with van der Waals surface area (Å²) in [7, 11) is 4.35. The Balaban J connectivity index is 1.10. The maximum Gasteiger partial charge on any atom is 0.226 e. The minimum absolute atomic E-state index is 0.0412. The largest absolute Gasteiger partial charge is 0.374 e. The number of hydrogen-bond acceptors (Lipinski definition) is 9. The highest BCUT2D eigenvalue weighted by molar-refractivity contribution is 7.19. The third-order valence-electron chi connectivity index (χ3n) is 9.72. The number of likely N-dealkylation sites (tertiary alicyclic amines) is 1. The number of benzene rings is 1. The molecule has 8 rings (SSSR count). The predicted octanol–water partition coefficient (Wildman–Crippen LogP) is 3.95. The van der Waals surface area contributed by atoms with Gasteiger partial charge in [-0.05, 0) is 70.3 Å². The first kappa shape index (κ1) is 25.4. The lowest BCUT2D eigenvalue weighted by Gasteiger charge is -2.37. The lowest BCUT2D eigenvalue weighted by molar-refractivity contribution is -0.140. The van der Waals surface area contributed by atoms with Gasteiger partial charge in [-0.3, -0.25) is 9.89 Å². The number of rotatable bonds is 5. The van der Waals surface area contributed by atoms with Gasteiger partial charge < -0.3 is 24.8 Å². The number of piperidine rings is 1. The zero-order valence-corrected chi connectivity index (χ0v) is 24.4. The van der Waals surface area contributed by atoms with Gasteiger partial charge in [-0.2, -0.15) is 5.10 Å². The first-order valence-corrected chi connectivity index (χ1v) is 15.7. The van der Waals surface area contributed by atoms with E-state index in [1.54, 1.807) is 17.7 Å². The molecule has 3 fully saturated rings. The third kappa shape index (κ3) is 4.36. The average molecular weight is 573 g/mol. The summed E-state index contributed by atoms with van der Waals surface area (Å²) in [5.74, 6) is 1.20. The SMILES string of the molecule is CN(C)C1CCN(c2cc3[nH]ncc3cc2Nc2ncnc3sc4c(c23)CC[C@H](C(=O)N2C[C@@H]3C[C@H]2CO3)C4)CC1. The van der Waals surface area contributed by atoms with Crippen LogP contribution < -0.4 is 10.2 Å². The highest BCUT2D eigenvalue weighted by atomic mass is 32.1. The molecule has 2 bridgehead atoms. The lowest BCUT2D eigenvalue weighted by Crippen LogP contribution is -2.45. The van der Waals surface area contributed by atoms with Gasteiger partial charge in [-0.15, -0.1) is 11.3 Å². The molecule has 11 heteroatoms. The number of carbonyl (C=O) groups is 1. The van der Waals surface area contributed by atoms with Crippen molar-refractivity contribution in [3.63, 3.8) is 0 Å². The molecule has 1 aromatic carbocycles. The van der Waals surface area contributed by atoms with Crippen molar-refractivity contribution in [2.45, 2.75) is 56.7 Å². The smallest absolute Gasteiger partial charge is 0.226 e. The van der Waals surface area contributed by atoms with Crippen LogP contribution >= 0.6 is 11.3 Å². The number of anilines is 3. The molecule has 6 heterocycles. The molecule has 2 N–H and O–H groups in total. The number of ether oxygens (including phenoxy) is 1. The molecule has 214 valence electrons. The van der Waals surface area contributed by atoms with E-state index in [1.165, 1.54) is 16.1 Å². The Bertz CT molecular complexity index is 1620. The second kappa shape index (κ2) is 9.92. The third-order valence-corrected chi connectivity index (χ3v) is 10.9. The number of nitrogens with one attached hydrogen (secondary N) is 2. The lowest BCUT2D eigenvalue weighted by atomic mass is 9.86. The van der Waals surface area contributed by atoms with E-state index in [-0.39, 0.29) is 18.1 Å². The van der Waals surface area contributed by atoms with Crippen LogP contribution in [0.1, 0.15) is 36.1 Å². The van der Waals surface area contributed by atoms with E-state index in [2.05, 4.69) is 61.4 Å². The fourth-order valence-electron chi connectivity index (χ4n) is 7.41. The predicted molar refractivity (Wildman–Crippen MR) is 161 cm³/mol. The first-order valence-electron chi connectivity index (χ1n) is 14.8. The van der Waals surface area contributed by atoms with Gasteiger partial charge in [0.05, 0.1) is 47.2 Å².